The van der Waals surface area contributed by atoms with Crippen LogP contribution in [0.1, 0.15) is 25.7 Å². The van der Waals surface area contributed by atoms with Gasteiger partial charge in [-0.05, 0) is 37.1 Å². The first-order valence-corrected chi connectivity index (χ1v) is 7.32. The van der Waals surface area contributed by atoms with Crippen LogP contribution in [0.4, 0.5) is 4.39 Å². The standard InChI is InChI=1S/C16H19FN2O3/c17-12-3-5-14(6-4-12)22-10-13(20)9-19-15(21)16(11-18)7-1-2-8-16/h3-6,13,20H,1-2,7-10H2,(H,19,21). The van der Waals surface area contributed by atoms with Gasteiger partial charge in [0, 0.05) is 6.54 Å². The Morgan fingerprint density at radius 3 is 2.64 bits per heavy atom. The summed E-state index contributed by atoms with van der Waals surface area (Å²) in [5.41, 5.74) is -0.947. The number of hydrogen-bond acceptors (Lipinski definition) is 4. The van der Waals surface area contributed by atoms with Crippen molar-refractivity contribution in [3.05, 3.63) is 30.1 Å². The van der Waals surface area contributed by atoms with E-state index in [0.717, 1.165) is 12.8 Å². The number of carbonyl (C=O) groups is 1. The van der Waals surface area contributed by atoms with Gasteiger partial charge in [0.2, 0.25) is 5.91 Å². The van der Waals surface area contributed by atoms with Crippen LogP contribution < -0.4 is 10.1 Å². The Kier molecular flexibility index (Phi) is 5.34. The zero-order valence-electron chi connectivity index (χ0n) is 12.2. The maximum Gasteiger partial charge on any atom is 0.240 e. The highest BCUT2D eigenvalue weighted by Gasteiger charge is 2.41. The van der Waals surface area contributed by atoms with Crippen molar-refractivity contribution in [2.24, 2.45) is 5.41 Å². The van der Waals surface area contributed by atoms with Gasteiger partial charge in [-0.3, -0.25) is 4.79 Å². The van der Waals surface area contributed by atoms with Gasteiger partial charge in [-0.1, -0.05) is 12.8 Å². The second-order valence-electron chi connectivity index (χ2n) is 5.53. The van der Waals surface area contributed by atoms with E-state index in [1.165, 1.54) is 24.3 Å². The molecule has 0 bridgehead atoms. The molecule has 1 amide bonds. The van der Waals surface area contributed by atoms with Crippen LogP contribution in [0.15, 0.2) is 24.3 Å². The highest BCUT2D eigenvalue weighted by atomic mass is 19.1. The Bertz CT molecular complexity index is 548. The van der Waals surface area contributed by atoms with Gasteiger partial charge in [0.15, 0.2) is 0 Å². The van der Waals surface area contributed by atoms with Crippen LogP contribution in [0.5, 0.6) is 5.75 Å². The number of halogens is 1. The quantitative estimate of drug-likeness (QED) is 0.839. The van der Waals surface area contributed by atoms with Crippen molar-refractivity contribution < 1.29 is 19.0 Å². The summed E-state index contributed by atoms with van der Waals surface area (Å²) in [4.78, 5) is 12.1. The smallest absolute Gasteiger partial charge is 0.240 e. The number of nitriles is 1. The minimum Gasteiger partial charge on any atom is -0.491 e. The molecule has 6 heteroatoms. The maximum absolute atomic E-state index is 12.7. The Hall–Kier alpha value is -2.13. The molecule has 1 atom stereocenters. The second-order valence-corrected chi connectivity index (χ2v) is 5.53. The summed E-state index contributed by atoms with van der Waals surface area (Å²) in [6, 6.07) is 7.56. The van der Waals surface area contributed by atoms with E-state index in [-0.39, 0.29) is 24.9 Å². The first kappa shape index (κ1) is 16.2. The highest BCUT2D eigenvalue weighted by molar-refractivity contribution is 5.85. The van der Waals surface area contributed by atoms with Gasteiger partial charge in [0.25, 0.3) is 0 Å². The molecule has 1 aromatic carbocycles. The molecule has 1 fully saturated rings. The first-order chi connectivity index (χ1) is 10.6. The number of hydrogen-bond donors (Lipinski definition) is 2. The number of nitrogens with one attached hydrogen (secondary N) is 1. The lowest BCUT2D eigenvalue weighted by atomic mass is 9.87. The minimum absolute atomic E-state index is 0.0173. The van der Waals surface area contributed by atoms with Gasteiger partial charge in [-0.15, -0.1) is 0 Å². The lowest BCUT2D eigenvalue weighted by Gasteiger charge is -2.20. The van der Waals surface area contributed by atoms with Crippen LogP contribution in [-0.4, -0.2) is 30.3 Å². The molecule has 118 valence electrons. The molecule has 1 aliphatic carbocycles. The molecular weight excluding hydrogens is 287 g/mol. The number of aliphatic hydroxyl groups excluding tert-OH is 1. The molecule has 1 unspecified atom stereocenters. The van der Waals surface area contributed by atoms with Crippen molar-refractivity contribution in [2.45, 2.75) is 31.8 Å². The molecule has 0 heterocycles. The third-order valence-electron chi connectivity index (χ3n) is 3.86. The van der Waals surface area contributed by atoms with E-state index >= 15 is 0 Å². The summed E-state index contributed by atoms with van der Waals surface area (Å²) in [5, 5.41) is 21.6. The molecule has 22 heavy (non-hydrogen) atoms. The number of ether oxygens (including phenoxy) is 1. The molecule has 2 N–H and O–H groups in total. The Balaban J connectivity index is 1.75. The SMILES string of the molecule is N#CC1(C(=O)NCC(O)COc2ccc(F)cc2)CCCC1. The summed E-state index contributed by atoms with van der Waals surface area (Å²) in [6.07, 6.45) is 1.98. The largest absolute Gasteiger partial charge is 0.491 e. The van der Waals surface area contributed by atoms with E-state index in [4.69, 9.17) is 4.74 Å². The second kappa shape index (κ2) is 7.23. The zero-order chi connectivity index (χ0) is 16.0. The number of aliphatic hydroxyl groups is 1. The van der Waals surface area contributed by atoms with Gasteiger partial charge < -0.3 is 15.2 Å². The van der Waals surface area contributed by atoms with Gasteiger partial charge >= 0.3 is 0 Å². The molecule has 0 radical (unpaired) electrons. The van der Waals surface area contributed by atoms with E-state index in [2.05, 4.69) is 11.4 Å². The molecule has 1 saturated carbocycles. The summed E-state index contributed by atoms with van der Waals surface area (Å²) in [5.74, 6) is -0.247. The Morgan fingerprint density at radius 2 is 2.05 bits per heavy atom. The van der Waals surface area contributed by atoms with E-state index in [0.29, 0.717) is 18.6 Å². The predicted molar refractivity (Wildman–Crippen MR) is 77.4 cm³/mol. The maximum atomic E-state index is 12.7. The number of rotatable bonds is 6. The van der Waals surface area contributed by atoms with Crippen molar-refractivity contribution in [3.63, 3.8) is 0 Å². The highest BCUT2D eigenvalue weighted by Crippen LogP contribution is 2.37. The fourth-order valence-corrected chi connectivity index (χ4v) is 2.53. The van der Waals surface area contributed by atoms with E-state index in [1.54, 1.807) is 0 Å². The molecule has 1 aromatic rings. The topological polar surface area (TPSA) is 82.4 Å². The van der Waals surface area contributed by atoms with Crippen LogP contribution in [0, 0.1) is 22.6 Å². The van der Waals surface area contributed by atoms with Crippen LogP contribution in [0.3, 0.4) is 0 Å². The molecule has 0 aromatic heterocycles. The van der Waals surface area contributed by atoms with Crippen LogP contribution >= 0.6 is 0 Å². The average Bonchev–Trinajstić information content (AvgIpc) is 3.02. The Labute approximate surface area is 128 Å². The lowest BCUT2D eigenvalue weighted by Crippen LogP contribution is -2.43. The van der Waals surface area contributed by atoms with Crippen LogP contribution in [-0.2, 0) is 4.79 Å². The van der Waals surface area contributed by atoms with Gasteiger partial charge in [0.05, 0.1) is 6.07 Å². The predicted octanol–water partition coefficient (Wildman–Crippen LogP) is 1.77. The number of nitrogens with zero attached hydrogens (tertiary/aromatic N) is 1. The van der Waals surface area contributed by atoms with E-state index in [1.807, 2.05) is 0 Å². The van der Waals surface area contributed by atoms with Gasteiger partial charge in [-0.25, -0.2) is 4.39 Å². The summed E-state index contributed by atoms with van der Waals surface area (Å²) >= 11 is 0. The monoisotopic (exact) mass is 306 g/mol. The van der Waals surface area contributed by atoms with Crippen molar-refractivity contribution in [1.29, 1.82) is 5.26 Å². The molecule has 2 rings (SSSR count). The third-order valence-corrected chi connectivity index (χ3v) is 3.86. The molecule has 0 spiro atoms. The van der Waals surface area contributed by atoms with E-state index < -0.39 is 11.5 Å². The number of benzene rings is 1. The zero-order valence-corrected chi connectivity index (χ0v) is 12.2. The molecule has 1 aliphatic rings. The minimum atomic E-state index is -0.947. The normalized spacial score (nSPS) is 17.5. The number of amides is 1. The Morgan fingerprint density at radius 1 is 1.41 bits per heavy atom. The van der Waals surface area contributed by atoms with Crippen LogP contribution in [0.2, 0.25) is 0 Å². The fourth-order valence-electron chi connectivity index (χ4n) is 2.53. The van der Waals surface area contributed by atoms with Gasteiger partial charge in [-0.2, -0.15) is 5.26 Å². The van der Waals surface area contributed by atoms with Crippen molar-refractivity contribution >= 4 is 5.91 Å². The average molecular weight is 306 g/mol. The van der Waals surface area contributed by atoms with E-state index in [9.17, 15) is 19.6 Å². The third kappa shape index (κ3) is 3.95. The van der Waals surface area contributed by atoms with Crippen molar-refractivity contribution in [1.82, 2.24) is 5.32 Å². The first-order valence-electron chi connectivity index (χ1n) is 7.32. The molecule has 5 nitrogen and oxygen atoms in total. The molecule has 0 saturated heterocycles. The summed E-state index contributed by atoms with van der Waals surface area (Å²) < 4.78 is 18.0. The van der Waals surface area contributed by atoms with Crippen molar-refractivity contribution in [3.8, 4) is 11.8 Å². The number of carbonyl (C=O) groups excluding carboxylic acids is 1. The van der Waals surface area contributed by atoms with Crippen LogP contribution in [0.25, 0.3) is 0 Å². The summed E-state index contributed by atoms with van der Waals surface area (Å²) in [6.45, 7) is -0.00504. The summed E-state index contributed by atoms with van der Waals surface area (Å²) in [7, 11) is 0. The molecular formula is C16H19FN2O3. The fraction of sp³-hybridized carbons (Fsp3) is 0.500. The lowest BCUT2D eigenvalue weighted by molar-refractivity contribution is -0.128. The van der Waals surface area contributed by atoms with Crippen molar-refractivity contribution in [2.75, 3.05) is 13.2 Å². The molecule has 0 aliphatic heterocycles. The van der Waals surface area contributed by atoms with Gasteiger partial charge in [0.1, 0.15) is 29.7 Å².